The molecule has 0 aliphatic rings. The smallest absolute Gasteiger partial charge is 0.0641 e. The molecule has 104 valence electrons. The Balaban J connectivity index is 2.74. The first kappa shape index (κ1) is 15.2. The molecule has 0 radical (unpaired) electrons. The summed E-state index contributed by atoms with van der Waals surface area (Å²) in [4.78, 5) is 0. The van der Waals surface area contributed by atoms with Gasteiger partial charge in [-0.1, -0.05) is 33.1 Å². The number of nitrogens with one attached hydrogen (secondary N) is 1. The van der Waals surface area contributed by atoms with Crippen molar-refractivity contribution in [2.24, 2.45) is 5.92 Å². The van der Waals surface area contributed by atoms with Crippen molar-refractivity contribution in [3.63, 3.8) is 0 Å². The molecule has 0 saturated carbocycles. The maximum atomic E-state index is 4.70. The molecule has 1 aromatic heterocycles. The third kappa shape index (κ3) is 3.84. The molecule has 0 saturated heterocycles. The van der Waals surface area contributed by atoms with Crippen molar-refractivity contribution < 1.29 is 0 Å². The third-order valence-corrected chi connectivity index (χ3v) is 3.86. The predicted octanol–water partition coefficient (Wildman–Crippen LogP) is 3.44. The van der Waals surface area contributed by atoms with Crippen molar-refractivity contribution in [3.05, 3.63) is 17.0 Å². The highest BCUT2D eigenvalue weighted by atomic mass is 15.3. The van der Waals surface area contributed by atoms with Gasteiger partial charge in [0.2, 0.25) is 0 Å². The summed E-state index contributed by atoms with van der Waals surface area (Å²) < 4.78 is 2.21. The average molecular weight is 251 g/mol. The van der Waals surface area contributed by atoms with Gasteiger partial charge >= 0.3 is 0 Å². The lowest BCUT2D eigenvalue weighted by Gasteiger charge is -2.15. The SMILES string of the molecule is CCCCC(CC)Cn1nc(C)c(CNC)c1C. The molecule has 1 rings (SSSR count). The normalized spacial score (nSPS) is 12.9. The van der Waals surface area contributed by atoms with Crippen molar-refractivity contribution in [1.29, 1.82) is 0 Å². The molecule has 0 aliphatic carbocycles. The van der Waals surface area contributed by atoms with E-state index in [1.54, 1.807) is 0 Å². The zero-order chi connectivity index (χ0) is 13.5. The van der Waals surface area contributed by atoms with Gasteiger partial charge in [0.25, 0.3) is 0 Å². The van der Waals surface area contributed by atoms with E-state index in [0.717, 1.165) is 19.0 Å². The van der Waals surface area contributed by atoms with Gasteiger partial charge in [-0.05, 0) is 33.2 Å². The van der Waals surface area contributed by atoms with E-state index in [2.05, 4.69) is 37.7 Å². The predicted molar refractivity (Wildman–Crippen MR) is 77.8 cm³/mol. The molecule has 0 spiro atoms. The van der Waals surface area contributed by atoms with Crippen molar-refractivity contribution >= 4 is 0 Å². The summed E-state index contributed by atoms with van der Waals surface area (Å²) in [7, 11) is 1.99. The van der Waals surface area contributed by atoms with Crippen molar-refractivity contribution in [2.45, 2.75) is 66.5 Å². The van der Waals surface area contributed by atoms with Gasteiger partial charge in [0.1, 0.15) is 0 Å². The first-order valence-corrected chi connectivity index (χ1v) is 7.31. The standard InChI is InChI=1S/C15H29N3/c1-6-8-9-14(7-2)11-18-13(4)15(10-16-5)12(3)17-18/h14,16H,6-11H2,1-5H3. The molecular formula is C15H29N3. The van der Waals surface area contributed by atoms with E-state index >= 15 is 0 Å². The van der Waals surface area contributed by atoms with Crippen LogP contribution in [0.25, 0.3) is 0 Å². The van der Waals surface area contributed by atoms with Crippen molar-refractivity contribution in [2.75, 3.05) is 7.05 Å². The number of aryl methyl sites for hydroxylation is 1. The van der Waals surface area contributed by atoms with Gasteiger partial charge in [0.15, 0.2) is 0 Å². The van der Waals surface area contributed by atoms with E-state index in [0.29, 0.717) is 0 Å². The average Bonchev–Trinajstić information content (AvgIpc) is 2.62. The topological polar surface area (TPSA) is 29.9 Å². The number of nitrogens with zero attached hydrogens (tertiary/aromatic N) is 2. The molecule has 0 amide bonds. The van der Waals surface area contributed by atoms with Crippen LogP contribution in [0.2, 0.25) is 0 Å². The number of unbranched alkanes of at least 4 members (excludes halogenated alkanes) is 1. The van der Waals surface area contributed by atoms with E-state index in [-0.39, 0.29) is 0 Å². The highest BCUT2D eigenvalue weighted by molar-refractivity contribution is 5.24. The minimum Gasteiger partial charge on any atom is -0.316 e. The molecule has 3 heteroatoms. The van der Waals surface area contributed by atoms with E-state index < -0.39 is 0 Å². The Morgan fingerprint density at radius 2 is 2.00 bits per heavy atom. The fourth-order valence-corrected chi connectivity index (χ4v) is 2.51. The summed E-state index contributed by atoms with van der Waals surface area (Å²) in [6.45, 7) is 10.9. The second-order valence-corrected chi connectivity index (χ2v) is 5.28. The molecule has 1 unspecified atom stereocenters. The first-order valence-electron chi connectivity index (χ1n) is 7.31. The maximum Gasteiger partial charge on any atom is 0.0641 e. The Labute approximate surface area is 112 Å². The minimum atomic E-state index is 0.769. The Morgan fingerprint density at radius 3 is 2.56 bits per heavy atom. The van der Waals surface area contributed by atoms with Crippen LogP contribution in [0.15, 0.2) is 0 Å². The lowest BCUT2D eigenvalue weighted by Crippen LogP contribution is -2.13. The number of hydrogen-bond acceptors (Lipinski definition) is 2. The van der Waals surface area contributed by atoms with Crippen molar-refractivity contribution in [1.82, 2.24) is 15.1 Å². The minimum absolute atomic E-state index is 0.769. The van der Waals surface area contributed by atoms with Crippen LogP contribution >= 0.6 is 0 Å². The first-order chi connectivity index (χ1) is 8.63. The molecule has 0 bridgehead atoms. The highest BCUT2D eigenvalue weighted by Gasteiger charge is 2.14. The Hall–Kier alpha value is -0.830. The van der Waals surface area contributed by atoms with E-state index in [4.69, 9.17) is 5.10 Å². The molecule has 0 aromatic carbocycles. The quantitative estimate of drug-likeness (QED) is 0.767. The zero-order valence-electron chi connectivity index (χ0n) is 12.7. The lowest BCUT2D eigenvalue weighted by molar-refractivity contribution is 0.367. The summed E-state index contributed by atoms with van der Waals surface area (Å²) in [5.41, 5.74) is 3.87. The Bertz CT molecular complexity index is 355. The fraction of sp³-hybridized carbons (Fsp3) is 0.800. The monoisotopic (exact) mass is 251 g/mol. The summed E-state index contributed by atoms with van der Waals surface area (Å²) in [5, 5.41) is 7.93. The molecule has 0 aliphatic heterocycles. The second kappa shape index (κ2) is 7.57. The number of hydrogen-bond donors (Lipinski definition) is 1. The van der Waals surface area contributed by atoms with Crippen LogP contribution in [-0.2, 0) is 13.1 Å². The van der Waals surface area contributed by atoms with Gasteiger partial charge in [-0.2, -0.15) is 5.10 Å². The molecule has 18 heavy (non-hydrogen) atoms. The van der Waals surface area contributed by atoms with E-state index in [9.17, 15) is 0 Å². The molecule has 1 atom stereocenters. The third-order valence-electron chi connectivity index (χ3n) is 3.86. The van der Waals surface area contributed by atoms with E-state index in [1.165, 1.54) is 42.6 Å². The Kier molecular flexibility index (Phi) is 6.41. The van der Waals surface area contributed by atoms with Gasteiger partial charge in [-0.3, -0.25) is 4.68 Å². The summed E-state index contributed by atoms with van der Waals surface area (Å²) in [5.74, 6) is 0.769. The second-order valence-electron chi connectivity index (χ2n) is 5.28. The lowest BCUT2D eigenvalue weighted by atomic mass is 9.99. The van der Waals surface area contributed by atoms with Gasteiger partial charge in [-0.15, -0.1) is 0 Å². The van der Waals surface area contributed by atoms with Gasteiger partial charge < -0.3 is 5.32 Å². The number of rotatable bonds is 8. The number of aromatic nitrogens is 2. The fourth-order valence-electron chi connectivity index (χ4n) is 2.51. The van der Waals surface area contributed by atoms with Crippen LogP contribution in [0.4, 0.5) is 0 Å². The summed E-state index contributed by atoms with van der Waals surface area (Å²) >= 11 is 0. The Morgan fingerprint density at radius 1 is 1.28 bits per heavy atom. The molecule has 1 aromatic rings. The van der Waals surface area contributed by atoms with Crippen molar-refractivity contribution in [3.8, 4) is 0 Å². The molecule has 3 nitrogen and oxygen atoms in total. The van der Waals surface area contributed by atoms with Gasteiger partial charge in [0, 0.05) is 24.3 Å². The highest BCUT2D eigenvalue weighted by Crippen LogP contribution is 2.19. The van der Waals surface area contributed by atoms with Crippen LogP contribution in [0.5, 0.6) is 0 Å². The van der Waals surface area contributed by atoms with Crippen LogP contribution < -0.4 is 5.32 Å². The maximum absolute atomic E-state index is 4.70. The van der Waals surface area contributed by atoms with Gasteiger partial charge in [0.05, 0.1) is 5.69 Å². The largest absolute Gasteiger partial charge is 0.316 e. The van der Waals surface area contributed by atoms with Crippen LogP contribution in [0, 0.1) is 19.8 Å². The molecular weight excluding hydrogens is 222 g/mol. The molecule has 1 heterocycles. The zero-order valence-corrected chi connectivity index (χ0v) is 12.7. The van der Waals surface area contributed by atoms with Crippen LogP contribution in [0.1, 0.15) is 56.5 Å². The summed E-state index contributed by atoms with van der Waals surface area (Å²) in [6.07, 6.45) is 5.20. The molecule has 0 fully saturated rings. The van der Waals surface area contributed by atoms with Crippen LogP contribution in [0.3, 0.4) is 0 Å². The molecule has 1 N–H and O–H groups in total. The van der Waals surface area contributed by atoms with E-state index in [1.807, 2.05) is 7.05 Å². The van der Waals surface area contributed by atoms with Crippen LogP contribution in [-0.4, -0.2) is 16.8 Å². The van der Waals surface area contributed by atoms with Gasteiger partial charge in [-0.25, -0.2) is 0 Å². The summed E-state index contributed by atoms with van der Waals surface area (Å²) in [6, 6.07) is 0.